The van der Waals surface area contributed by atoms with Crippen LogP contribution in [-0.4, -0.2) is 166 Å². The molecule has 0 unspecified atom stereocenters. The molecule has 716 valence electrons. The summed E-state index contributed by atoms with van der Waals surface area (Å²) in [4.78, 5) is 135. The van der Waals surface area contributed by atoms with Crippen LogP contribution in [0.25, 0.3) is 45.6 Å². The van der Waals surface area contributed by atoms with Crippen molar-refractivity contribution in [2.45, 2.75) is 199 Å². The number of esters is 4. The molecule has 12 aliphatic rings. The zero-order valence-corrected chi connectivity index (χ0v) is 80.5. The van der Waals surface area contributed by atoms with E-state index in [0.29, 0.717) is 172 Å². The lowest BCUT2D eigenvalue weighted by Gasteiger charge is -2.70. The molecule has 8 bridgehead atoms. The number of alkyl halides is 2. The molecule has 0 N–H and O–H groups in total. The van der Waals surface area contributed by atoms with E-state index in [9.17, 15) is 47.1 Å². The molecule has 33 nitrogen and oxygen atoms in total. The van der Waals surface area contributed by atoms with Crippen molar-refractivity contribution in [1.82, 2.24) is 99.8 Å². The Hall–Kier alpha value is -12.7. The number of aromatic nitrogens is 20. The van der Waals surface area contributed by atoms with Crippen LogP contribution in [0.1, 0.15) is 248 Å². The quantitative estimate of drug-likeness (QED) is 0.0156. The summed E-state index contributed by atoms with van der Waals surface area (Å²) < 4.78 is 59.9. The maximum atomic E-state index is 13.1. The first-order valence-corrected chi connectivity index (χ1v) is 46.9. The van der Waals surface area contributed by atoms with Crippen LogP contribution in [0.2, 0.25) is 20.6 Å². The van der Waals surface area contributed by atoms with E-state index >= 15 is 0 Å². The second-order valence-electron chi connectivity index (χ2n) is 38.9. The molecule has 138 heavy (non-hydrogen) atoms. The molecule has 0 radical (unpaired) electrons. The van der Waals surface area contributed by atoms with Gasteiger partial charge in [0, 0.05) is 160 Å². The van der Waals surface area contributed by atoms with Gasteiger partial charge in [-0.05, 0) is 211 Å². The Morgan fingerprint density at radius 3 is 0.841 bits per heavy atom. The Morgan fingerprint density at radius 1 is 0.370 bits per heavy atom. The molecule has 0 aromatic carbocycles. The highest BCUT2D eigenvalue weighted by atomic mass is 35.5. The van der Waals surface area contributed by atoms with Crippen molar-refractivity contribution >= 4 is 93.4 Å². The monoisotopic (exact) mass is 1950 g/mol. The number of ether oxygens (including phenoxy) is 5. The van der Waals surface area contributed by atoms with E-state index in [0.717, 1.165) is 44.4 Å². The number of hydrogen-bond acceptors (Lipinski definition) is 29. The molecular weight excluding hydrogens is 1860 g/mol. The van der Waals surface area contributed by atoms with E-state index in [2.05, 4.69) is 88.0 Å². The summed E-state index contributed by atoms with van der Waals surface area (Å²) in [6.45, 7) is 9.23. The predicted molar refractivity (Wildman–Crippen MR) is 497 cm³/mol. The van der Waals surface area contributed by atoms with E-state index in [1.807, 2.05) is 0 Å². The first-order valence-electron chi connectivity index (χ1n) is 45.4. The Morgan fingerprint density at radius 2 is 0.623 bits per heavy atom. The molecule has 24 rings (SSSR count). The third kappa shape index (κ3) is 20.3. The van der Waals surface area contributed by atoms with Gasteiger partial charge in [-0.3, -0.25) is 77.0 Å². The number of carbonyl (C=O) groups excluding carboxylic acids is 8. The fourth-order valence-electron chi connectivity index (χ4n) is 21.7. The van der Waals surface area contributed by atoms with Gasteiger partial charge in [-0.1, -0.05) is 98.4 Å². The topological polar surface area (TPSA) is 409 Å². The summed E-state index contributed by atoms with van der Waals surface area (Å²) in [7, 11) is 8.53. The van der Waals surface area contributed by atoms with E-state index < -0.39 is 60.1 Å². The van der Waals surface area contributed by atoms with E-state index in [1.54, 1.807) is 203 Å². The summed E-state index contributed by atoms with van der Waals surface area (Å²) in [5.74, 6) is -0.752. The lowest BCUT2D eigenvalue weighted by atomic mass is 9.34. The van der Waals surface area contributed by atoms with Gasteiger partial charge in [0.1, 0.15) is 67.8 Å². The second-order valence-corrected chi connectivity index (χ2v) is 40.3. The lowest BCUT2D eigenvalue weighted by molar-refractivity contribution is -0.271. The number of rotatable bonds is 34. The van der Waals surface area contributed by atoms with Crippen LogP contribution < -0.4 is 0 Å². The molecule has 4 atom stereocenters. The van der Waals surface area contributed by atoms with Crippen molar-refractivity contribution in [2.24, 2.45) is 66.6 Å². The van der Waals surface area contributed by atoms with E-state index in [-0.39, 0.29) is 87.7 Å². The van der Waals surface area contributed by atoms with Crippen LogP contribution in [0, 0.1) is 38.4 Å². The van der Waals surface area contributed by atoms with Crippen molar-refractivity contribution in [3.05, 3.63) is 235 Å². The van der Waals surface area contributed by atoms with Gasteiger partial charge < -0.3 is 23.7 Å². The minimum absolute atomic E-state index is 0.0218. The molecule has 12 aliphatic carbocycles. The Labute approximate surface area is 812 Å². The van der Waals surface area contributed by atoms with Crippen molar-refractivity contribution in [1.29, 1.82) is 0 Å². The van der Waals surface area contributed by atoms with Gasteiger partial charge in [-0.25, -0.2) is 28.7 Å². The smallest absolute Gasteiger partial charge is 0.312 e. The van der Waals surface area contributed by atoms with Gasteiger partial charge in [0.05, 0.1) is 76.8 Å². The molecule has 0 spiro atoms. The standard InChI is InChI=1S/C25H24ClF2N5O3.C25H26ClN5O4.C25H26ClN5O3.C24H24ClN5O3/c1-14(16-4-3-7-29-22(16)26)36-20(35)8-18-21(31-32-33(18)2)17-6-5-15(10-30-17)19(34)9-24-11-25(12-24,13-24)23(27)28;1-15(17-5-4-8-27-23(17)26)35-21(33)9-19-22(29-30-31(19)2)18-7-6-16(11-28-18)20(32)10-24-12-25(13-24,14-24)34-3;1-15(17-5-4-8-27-23(17)26)34-21(33)9-19-22(29-30-31(19)3)18-7-6-16(11-28-18)20(32)10-25-12-24(2,13-25)14-25;1-14(17-4-3-7-26-23(17)25)33-21(32)8-19-22(28-29-30(19)2)18-6-5-16(13-27-18)20(31)12-24-9-15(10-24)11-24/h3-7,10,14,23H,8-9,11-13H2,1-2H3;4-8,11,15H,9-10,12-14H2,1-3H3;4-8,11,15H,9-10,12-14H2,1-3H3;3-7,13-15H,8-12H2,1-2H3/t14-,24?,25?;2*15-,24?,25?;14-,15?,24?/m1111/s1. The van der Waals surface area contributed by atoms with Crippen LogP contribution in [0.4, 0.5) is 8.78 Å². The average Bonchev–Trinajstić information content (AvgIpc) is 0.678. The molecule has 0 aliphatic heterocycles. The minimum Gasteiger partial charge on any atom is -0.457 e. The van der Waals surface area contributed by atoms with Gasteiger partial charge >= 0.3 is 23.9 Å². The first-order chi connectivity index (χ1) is 65.8. The zero-order valence-electron chi connectivity index (χ0n) is 77.5. The summed E-state index contributed by atoms with van der Waals surface area (Å²) in [6, 6.07) is 27.8. The fourth-order valence-corrected chi connectivity index (χ4v) is 22.7. The zero-order chi connectivity index (χ0) is 97.7. The normalized spacial score (nSPS) is 22.9. The van der Waals surface area contributed by atoms with Gasteiger partial charge in [-0.15, -0.1) is 20.4 Å². The number of Topliss-reactive ketones (excluding diaryl/α,β-unsaturated/α-hetero) is 4. The number of carbonyl (C=O) groups is 8. The molecule has 12 aromatic rings. The first kappa shape index (κ1) is 97.0. The number of hydrogen-bond donors (Lipinski definition) is 0. The minimum atomic E-state index is -2.31. The SMILES string of the molecule is COC12CC(CC(=O)c3ccc(-c4nnn(C)c4CC(=O)O[C@H](C)c4cccnc4Cl)nc3)(C1)C2.C[C@@H](OC(=O)Cc1c(-c2ccc(C(=O)CC34CC(C(F)F)(C3)C4)cn2)nnn1C)c1cccnc1Cl.C[C@@H](OC(=O)Cc1c(-c2ccc(C(=O)CC34CC(C)(C3)C4)cn2)nnn1C)c1cccnc1Cl.C[C@@H](OC(=O)Cc1c(-c2ccc(C(=O)CC34CC(C3)C4)cn2)nnn1C)c1cccnc1Cl. The van der Waals surface area contributed by atoms with Crippen molar-refractivity contribution in [2.75, 3.05) is 7.11 Å². The summed E-state index contributed by atoms with van der Waals surface area (Å²) in [5, 5.41) is 34.0. The van der Waals surface area contributed by atoms with Gasteiger partial charge in [0.15, 0.2) is 23.1 Å². The number of methoxy groups -OCH3 is 1. The number of ketones is 4. The van der Waals surface area contributed by atoms with Gasteiger partial charge in [0.2, 0.25) is 6.43 Å². The number of pyridine rings is 8. The third-order valence-corrected chi connectivity index (χ3v) is 29.6. The lowest BCUT2D eigenvalue weighted by Crippen LogP contribution is -2.68. The number of aryl methyl sites for hydroxylation is 4. The van der Waals surface area contributed by atoms with E-state index in [4.69, 9.17) is 70.1 Å². The molecule has 12 saturated carbocycles. The third-order valence-electron chi connectivity index (χ3n) is 28.3. The highest BCUT2D eigenvalue weighted by Gasteiger charge is 2.72. The molecule has 12 aromatic heterocycles. The largest absolute Gasteiger partial charge is 0.457 e. The number of halogens is 6. The molecular formula is C99H100Cl4F2N20O13. The van der Waals surface area contributed by atoms with Crippen LogP contribution in [0.15, 0.2) is 147 Å². The Kier molecular flexibility index (Phi) is 27.4. The van der Waals surface area contributed by atoms with Crippen LogP contribution in [0.5, 0.6) is 0 Å². The fraction of sp³-hybridized carbons (Fsp3) is 0.434. The predicted octanol–water partition coefficient (Wildman–Crippen LogP) is 17.4. The van der Waals surface area contributed by atoms with Gasteiger partial charge in [-0.2, -0.15) is 0 Å². The van der Waals surface area contributed by atoms with Crippen LogP contribution in [-0.2, 0) is 96.7 Å². The average molecular weight is 1960 g/mol. The van der Waals surface area contributed by atoms with Crippen LogP contribution in [0.3, 0.4) is 0 Å². The highest BCUT2D eigenvalue weighted by Crippen LogP contribution is 2.77. The Balaban J connectivity index is 0.000000127. The Bertz CT molecular complexity index is 6620. The maximum absolute atomic E-state index is 13.1. The van der Waals surface area contributed by atoms with Crippen molar-refractivity contribution in [3.8, 4) is 45.6 Å². The maximum Gasteiger partial charge on any atom is 0.312 e. The molecule has 0 saturated heterocycles. The summed E-state index contributed by atoms with van der Waals surface area (Å²) in [6.07, 6.45) is 20.8. The second kappa shape index (κ2) is 38.9. The van der Waals surface area contributed by atoms with Crippen molar-refractivity contribution in [3.63, 3.8) is 0 Å². The van der Waals surface area contributed by atoms with E-state index in [1.165, 1.54) is 44.2 Å². The number of nitrogens with zero attached hydrogens (tertiary/aromatic N) is 20. The summed E-state index contributed by atoms with van der Waals surface area (Å²) in [5.41, 5.74) is 10.8. The van der Waals surface area contributed by atoms with Crippen molar-refractivity contribution < 1.29 is 70.8 Å². The molecule has 12 fully saturated rings. The van der Waals surface area contributed by atoms with Gasteiger partial charge in [0.25, 0.3) is 0 Å². The molecule has 39 heteroatoms. The van der Waals surface area contributed by atoms with Crippen LogP contribution >= 0.6 is 46.4 Å². The highest BCUT2D eigenvalue weighted by molar-refractivity contribution is 6.31. The molecule has 0 amide bonds. The molecule has 12 heterocycles. The summed E-state index contributed by atoms with van der Waals surface area (Å²) >= 11 is 24.4.